The molecule has 0 aromatic carbocycles. The minimum absolute atomic E-state index is 0.0863. The molecular formula is C13H21N3O. The molecule has 0 aliphatic heterocycles. The van der Waals surface area contributed by atoms with E-state index in [0.29, 0.717) is 6.54 Å². The summed E-state index contributed by atoms with van der Waals surface area (Å²) >= 11 is 0. The molecule has 0 fully saturated rings. The first-order chi connectivity index (χ1) is 7.97. The second-order valence-corrected chi connectivity index (χ2v) is 4.68. The van der Waals surface area contributed by atoms with Crippen molar-refractivity contribution in [3.63, 3.8) is 0 Å². The zero-order valence-electron chi connectivity index (χ0n) is 11.0. The molecular weight excluding hydrogens is 214 g/mol. The fourth-order valence-corrected chi connectivity index (χ4v) is 1.83. The summed E-state index contributed by atoms with van der Waals surface area (Å²) in [4.78, 5) is 18.0. The highest BCUT2D eigenvalue weighted by atomic mass is 16.2. The van der Waals surface area contributed by atoms with Crippen LogP contribution in [0.25, 0.3) is 0 Å². The minimum Gasteiger partial charge on any atom is -0.340 e. The second kappa shape index (κ2) is 5.77. The highest BCUT2D eigenvalue weighted by Crippen LogP contribution is 2.09. The zero-order valence-corrected chi connectivity index (χ0v) is 11.0. The van der Waals surface area contributed by atoms with Crippen LogP contribution < -0.4 is 5.32 Å². The largest absolute Gasteiger partial charge is 0.340 e. The minimum atomic E-state index is -0.522. The predicted octanol–water partition coefficient (Wildman–Crippen LogP) is 1.43. The maximum absolute atomic E-state index is 12.2. The van der Waals surface area contributed by atoms with Gasteiger partial charge in [0.25, 0.3) is 0 Å². The van der Waals surface area contributed by atoms with E-state index in [1.165, 1.54) is 0 Å². The van der Waals surface area contributed by atoms with Crippen LogP contribution in [-0.4, -0.2) is 34.9 Å². The molecule has 1 aromatic rings. The van der Waals surface area contributed by atoms with Gasteiger partial charge in [0.2, 0.25) is 5.91 Å². The average Bonchev–Trinajstić information content (AvgIpc) is 2.29. The summed E-state index contributed by atoms with van der Waals surface area (Å²) < 4.78 is 0. The summed E-state index contributed by atoms with van der Waals surface area (Å²) in [7, 11) is 1.81. The molecule has 1 amide bonds. The molecule has 94 valence electrons. The maximum atomic E-state index is 12.2. The van der Waals surface area contributed by atoms with Crippen molar-refractivity contribution in [1.29, 1.82) is 0 Å². The lowest BCUT2D eigenvalue weighted by Gasteiger charge is -2.30. The average molecular weight is 235 g/mol. The maximum Gasteiger partial charge on any atom is 0.242 e. The van der Waals surface area contributed by atoms with Crippen molar-refractivity contribution in [2.45, 2.75) is 32.9 Å². The van der Waals surface area contributed by atoms with E-state index in [1.54, 1.807) is 17.3 Å². The number of hydrogen-bond donors (Lipinski definition) is 1. The van der Waals surface area contributed by atoms with Gasteiger partial charge in [-0.15, -0.1) is 0 Å². The van der Waals surface area contributed by atoms with Crippen LogP contribution >= 0.6 is 0 Å². The normalized spacial score (nSPS) is 11.3. The summed E-state index contributed by atoms with van der Waals surface area (Å²) in [5.74, 6) is 0.0863. The summed E-state index contributed by atoms with van der Waals surface area (Å²) in [6, 6.07) is 3.85. The summed E-state index contributed by atoms with van der Waals surface area (Å²) in [6.45, 7) is 7.16. The van der Waals surface area contributed by atoms with Crippen molar-refractivity contribution in [2.75, 3.05) is 13.6 Å². The monoisotopic (exact) mass is 235 g/mol. The Kier molecular flexibility index (Phi) is 4.63. The Bertz CT molecular complexity index is 362. The molecule has 0 unspecified atom stereocenters. The molecule has 0 spiro atoms. The third-order valence-corrected chi connectivity index (χ3v) is 2.64. The van der Waals surface area contributed by atoms with E-state index < -0.39 is 5.54 Å². The lowest BCUT2D eigenvalue weighted by Crippen LogP contribution is -2.52. The summed E-state index contributed by atoms with van der Waals surface area (Å²) in [5.41, 5.74) is 0.516. The molecule has 4 nitrogen and oxygen atoms in total. The van der Waals surface area contributed by atoms with Crippen LogP contribution in [0.4, 0.5) is 0 Å². The third-order valence-electron chi connectivity index (χ3n) is 2.64. The Morgan fingerprint density at radius 3 is 2.76 bits per heavy atom. The first kappa shape index (κ1) is 13.6. The van der Waals surface area contributed by atoms with Gasteiger partial charge in [0.05, 0.1) is 5.54 Å². The Hall–Kier alpha value is -1.42. The molecule has 1 N–H and O–H groups in total. The zero-order chi connectivity index (χ0) is 12.9. The van der Waals surface area contributed by atoms with E-state index >= 15 is 0 Å². The molecule has 1 aromatic heterocycles. The molecule has 0 aliphatic carbocycles. The van der Waals surface area contributed by atoms with Crippen LogP contribution in [-0.2, 0) is 11.3 Å². The lowest BCUT2D eigenvalue weighted by atomic mass is 10.0. The molecule has 0 saturated carbocycles. The van der Waals surface area contributed by atoms with E-state index in [9.17, 15) is 4.79 Å². The fourth-order valence-electron chi connectivity index (χ4n) is 1.83. The van der Waals surface area contributed by atoms with Crippen molar-refractivity contribution in [1.82, 2.24) is 15.2 Å². The number of carbonyl (C=O) groups excluding carboxylic acids is 1. The first-order valence-corrected chi connectivity index (χ1v) is 5.87. The van der Waals surface area contributed by atoms with Gasteiger partial charge in [-0.1, -0.05) is 13.0 Å². The summed E-state index contributed by atoms with van der Waals surface area (Å²) in [5, 5.41) is 3.18. The molecule has 0 aliphatic rings. The molecule has 0 radical (unpaired) electrons. The first-order valence-electron chi connectivity index (χ1n) is 5.87. The quantitative estimate of drug-likeness (QED) is 0.839. The Morgan fingerprint density at radius 1 is 1.53 bits per heavy atom. The highest BCUT2D eigenvalue weighted by Gasteiger charge is 2.29. The van der Waals surface area contributed by atoms with Crippen LogP contribution in [0.3, 0.4) is 0 Å². The number of likely N-dealkylation sites (N-methyl/N-ethyl adjacent to an activating group) is 2. The van der Waals surface area contributed by atoms with Gasteiger partial charge in [0.1, 0.15) is 0 Å². The van der Waals surface area contributed by atoms with E-state index in [-0.39, 0.29) is 5.91 Å². The standard InChI is InChI=1S/C13H21N3O/c1-5-15-13(2,3)12(17)16(4)10-11-7-6-8-14-9-11/h6-9,15H,5,10H2,1-4H3. The number of rotatable bonds is 5. The molecule has 1 rings (SSSR count). The number of carbonyl (C=O) groups is 1. The van der Waals surface area contributed by atoms with Gasteiger partial charge in [-0.3, -0.25) is 9.78 Å². The number of hydrogen-bond acceptors (Lipinski definition) is 3. The highest BCUT2D eigenvalue weighted by molar-refractivity contribution is 5.85. The summed E-state index contributed by atoms with van der Waals surface area (Å²) in [6.07, 6.45) is 3.51. The number of nitrogens with zero attached hydrogens (tertiary/aromatic N) is 2. The van der Waals surface area contributed by atoms with Gasteiger partial charge in [-0.25, -0.2) is 0 Å². The van der Waals surface area contributed by atoms with Gasteiger partial charge in [0, 0.05) is 26.0 Å². The third kappa shape index (κ3) is 3.82. The SMILES string of the molecule is CCNC(C)(C)C(=O)N(C)Cc1cccnc1. The van der Waals surface area contributed by atoms with E-state index in [4.69, 9.17) is 0 Å². The van der Waals surface area contributed by atoms with Crippen molar-refractivity contribution < 1.29 is 4.79 Å². The number of aromatic nitrogens is 1. The Labute approximate surface area is 103 Å². The molecule has 4 heteroatoms. The van der Waals surface area contributed by atoms with Crippen LogP contribution in [0.5, 0.6) is 0 Å². The van der Waals surface area contributed by atoms with Gasteiger partial charge in [-0.05, 0) is 32.0 Å². The van der Waals surface area contributed by atoms with Crippen molar-refractivity contribution in [3.8, 4) is 0 Å². The molecule has 0 saturated heterocycles. The molecule has 17 heavy (non-hydrogen) atoms. The van der Waals surface area contributed by atoms with Crippen molar-refractivity contribution in [3.05, 3.63) is 30.1 Å². The lowest BCUT2D eigenvalue weighted by molar-refractivity contribution is -0.136. The van der Waals surface area contributed by atoms with E-state index in [0.717, 1.165) is 12.1 Å². The molecule has 0 atom stereocenters. The number of pyridine rings is 1. The van der Waals surface area contributed by atoms with Crippen LogP contribution in [0.15, 0.2) is 24.5 Å². The van der Waals surface area contributed by atoms with E-state index in [1.807, 2.05) is 40.0 Å². The number of amides is 1. The van der Waals surface area contributed by atoms with E-state index in [2.05, 4.69) is 10.3 Å². The van der Waals surface area contributed by atoms with Crippen LogP contribution in [0.2, 0.25) is 0 Å². The smallest absolute Gasteiger partial charge is 0.242 e. The van der Waals surface area contributed by atoms with Gasteiger partial charge < -0.3 is 10.2 Å². The second-order valence-electron chi connectivity index (χ2n) is 4.68. The van der Waals surface area contributed by atoms with Crippen LogP contribution in [0, 0.1) is 0 Å². The van der Waals surface area contributed by atoms with Crippen molar-refractivity contribution >= 4 is 5.91 Å². The van der Waals surface area contributed by atoms with Gasteiger partial charge in [0.15, 0.2) is 0 Å². The molecule has 1 heterocycles. The molecule has 0 bridgehead atoms. The van der Waals surface area contributed by atoms with Gasteiger partial charge in [-0.2, -0.15) is 0 Å². The van der Waals surface area contributed by atoms with Crippen molar-refractivity contribution in [2.24, 2.45) is 0 Å². The Morgan fingerprint density at radius 2 is 2.24 bits per heavy atom. The topological polar surface area (TPSA) is 45.2 Å². The Balaban J connectivity index is 2.65. The predicted molar refractivity (Wildman–Crippen MR) is 68.5 cm³/mol. The fraction of sp³-hybridized carbons (Fsp3) is 0.538. The number of nitrogens with one attached hydrogen (secondary N) is 1. The van der Waals surface area contributed by atoms with Gasteiger partial charge >= 0.3 is 0 Å². The van der Waals surface area contributed by atoms with Crippen LogP contribution in [0.1, 0.15) is 26.3 Å².